The maximum atomic E-state index is 12.8. The van der Waals surface area contributed by atoms with Crippen LogP contribution in [0.15, 0.2) is 42.5 Å². The minimum absolute atomic E-state index is 0.206. The molecular weight excluding hydrogens is 364 g/mol. The first kappa shape index (κ1) is 19.0. The maximum absolute atomic E-state index is 12.8. The summed E-state index contributed by atoms with van der Waals surface area (Å²) in [6.07, 6.45) is -0.206. The first-order chi connectivity index (χ1) is 13.0. The number of fused-ring (bicyclic) bond motifs is 1. The molecule has 0 bridgehead atoms. The number of nitrogens with one attached hydrogen (secondary N) is 1. The van der Waals surface area contributed by atoms with Crippen molar-refractivity contribution in [3.63, 3.8) is 0 Å². The molecule has 1 amide bonds. The highest BCUT2D eigenvalue weighted by Crippen LogP contribution is 2.28. The normalized spacial score (nSPS) is 12.1. The molecule has 0 aliphatic carbocycles. The number of methoxy groups -OCH3 is 1. The summed E-state index contributed by atoms with van der Waals surface area (Å²) in [4.78, 5) is 29.0. The monoisotopic (exact) mass is 384 g/mol. The molecule has 7 heteroatoms. The number of aryl methyl sites for hydroxylation is 1. The van der Waals surface area contributed by atoms with Crippen molar-refractivity contribution >= 4 is 34.0 Å². The fourth-order valence-electron chi connectivity index (χ4n) is 3.04. The highest BCUT2D eigenvalue weighted by atomic mass is 32.1. The summed E-state index contributed by atoms with van der Waals surface area (Å²) in [7, 11) is 1.57. The molecule has 0 aliphatic heterocycles. The van der Waals surface area contributed by atoms with E-state index in [9.17, 15) is 14.7 Å². The highest BCUT2D eigenvalue weighted by Gasteiger charge is 2.23. The topological polar surface area (TPSA) is 88.5 Å². The van der Waals surface area contributed by atoms with E-state index in [4.69, 9.17) is 4.74 Å². The summed E-state index contributed by atoms with van der Waals surface area (Å²) < 4.78 is 5.07. The second-order valence-corrected chi connectivity index (χ2v) is 7.23. The number of rotatable bonds is 7. The smallest absolute Gasteiger partial charge is 0.305 e. The summed E-state index contributed by atoms with van der Waals surface area (Å²) in [5.41, 5.74) is 1.39. The lowest BCUT2D eigenvalue weighted by Gasteiger charge is -2.19. The standard InChI is InChI=1S/C20H20N2O4S/c1-12-19(27-17(21-12)11-26-2)20(25)22-16(10-18(23)24)15-9-5-7-13-6-3-4-8-14(13)15/h3-9,16H,10-11H2,1-2H3,(H,22,25)(H,23,24)/t16-/m1/s1. The van der Waals surface area contributed by atoms with Crippen LogP contribution < -0.4 is 5.32 Å². The number of hydrogen-bond donors (Lipinski definition) is 2. The minimum atomic E-state index is -0.977. The molecule has 0 fully saturated rings. The van der Waals surface area contributed by atoms with Crippen molar-refractivity contribution < 1.29 is 19.4 Å². The molecule has 0 saturated heterocycles. The SMILES string of the molecule is COCc1nc(C)c(C(=O)N[C@H](CC(=O)O)c2cccc3ccccc23)s1. The Balaban J connectivity index is 1.93. The number of ether oxygens (including phenoxy) is 1. The number of carboxylic acids is 1. The molecule has 27 heavy (non-hydrogen) atoms. The van der Waals surface area contributed by atoms with Crippen molar-refractivity contribution in [3.05, 3.63) is 63.6 Å². The number of amides is 1. The van der Waals surface area contributed by atoms with Gasteiger partial charge in [0.1, 0.15) is 9.88 Å². The molecule has 0 spiro atoms. The first-order valence-corrected chi connectivity index (χ1v) is 9.26. The van der Waals surface area contributed by atoms with Gasteiger partial charge in [0, 0.05) is 7.11 Å². The van der Waals surface area contributed by atoms with Crippen LogP contribution in [0.5, 0.6) is 0 Å². The quantitative estimate of drug-likeness (QED) is 0.648. The van der Waals surface area contributed by atoms with E-state index in [0.29, 0.717) is 22.2 Å². The fraction of sp³-hybridized carbons (Fsp3) is 0.250. The zero-order chi connectivity index (χ0) is 19.4. The number of aliphatic carboxylic acids is 1. The zero-order valence-electron chi connectivity index (χ0n) is 15.1. The van der Waals surface area contributed by atoms with Crippen molar-refractivity contribution in [2.24, 2.45) is 0 Å². The Kier molecular flexibility index (Phi) is 5.83. The maximum Gasteiger partial charge on any atom is 0.305 e. The van der Waals surface area contributed by atoms with E-state index in [1.807, 2.05) is 42.5 Å². The lowest BCUT2D eigenvalue weighted by atomic mass is 9.96. The van der Waals surface area contributed by atoms with Gasteiger partial charge in [-0.25, -0.2) is 4.98 Å². The molecule has 6 nitrogen and oxygen atoms in total. The summed E-state index contributed by atoms with van der Waals surface area (Å²) in [6.45, 7) is 2.09. The van der Waals surface area contributed by atoms with Crippen LogP contribution in [0, 0.1) is 6.92 Å². The van der Waals surface area contributed by atoms with Gasteiger partial charge in [0.05, 0.1) is 24.8 Å². The van der Waals surface area contributed by atoms with Gasteiger partial charge in [-0.15, -0.1) is 11.3 Å². The van der Waals surface area contributed by atoms with E-state index in [1.54, 1.807) is 14.0 Å². The third-order valence-corrected chi connectivity index (χ3v) is 5.33. The number of carboxylic acid groups (broad SMARTS) is 1. The van der Waals surface area contributed by atoms with Crippen LogP contribution in [0.2, 0.25) is 0 Å². The summed E-state index contributed by atoms with van der Waals surface area (Å²) in [5, 5.41) is 14.9. The Morgan fingerprint density at radius 3 is 2.70 bits per heavy atom. The van der Waals surface area contributed by atoms with Gasteiger partial charge < -0.3 is 15.2 Å². The number of nitrogens with zero attached hydrogens (tertiary/aromatic N) is 1. The third-order valence-electron chi connectivity index (χ3n) is 4.20. The Labute approximate surface area is 160 Å². The van der Waals surface area contributed by atoms with E-state index >= 15 is 0 Å². The predicted octanol–water partition coefficient (Wildman–Crippen LogP) is 3.70. The van der Waals surface area contributed by atoms with Gasteiger partial charge in [0.25, 0.3) is 5.91 Å². The number of carbonyl (C=O) groups excluding carboxylic acids is 1. The van der Waals surface area contributed by atoms with Crippen molar-refractivity contribution in [2.45, 2.75) is 26.0 Å². The third kappa shape index (κ3) is 4.32. The Bertz CT molecular complexity index is 978. The minimum Gasteiger partial charge on any atom is -0.481 e. The van der Waals surface area contributed by atoms with Crippen LogP contribution in [-0.2, 0) is 16.1 Å². The lowest BCUT2D eigenvalue weighted by Crippen LogP contribution is -2.30. The molecule has 1 aromatic heterocycles. The number of thiazole rings is 1. The number of hydrogen-bond acceptors (Lipinski definition) is 5. The van der Waals surface area contributed by atoms with Crippen LogP contribution in [0.3, 0.4) is 0 Å². The highest BCUT2D eigenvalue weighted by molar-refractivity contribution is 7.13. The van der Waals surface area contributed by atoms with E-state index in [-0.39, 0.29) is 12.3 Å². The zero-order valence-corrected chi connectivity index (χ0v) is 15.9. The van der Waals surface area contributed by atoms with Crippen LogP contribution in [-0.4, -0.2) is 29.1 Å². The van der Waals surface area contributed by atoms with Gasteiger partial charge in [-0.1, -0.05) is 42.5 Å². The number of carbonyl (C=O) groups is 2. The molecule has 0 aliphatic rings. The average molecular weight is 384 g/mol. The lowest BCUT2D eigenvalue weighted by molar-refractivity contribution is -0.137. The molecule has 140 valence electrons. The van der Waals surface area contributed by atoms with Crippen molar-refractivity contribution in [1.82, 2.24) is 10.3 Å². The molecule has 2 N–H and O–H groups in total. The van der Waals surface area contributed by atoms with E-state index in [2.05, 4.69) is 10.3 Å². The van der Waals surface area contributed by atoms with Gasteiger partial charge in [0.2, 0.25) is 0 Å². The molecule has 0 saturated carbocycles. The molecule has 3 aromatic rings. The molecule has 3 rings (SSSR count). The second kappa shape index (κ2) is 8.28. The fourth-order valence-corrected chi connectivity index (χ4v) is 3.98. The van der Waals surface area contributed by atoms with Crippen LogP contribution in [0.4, 0.5) is 0 Å². The molecule has 1 heterocycles. The molecule has 0 radical (unpaired) electrons. The molecule has 1 atom stereocenters. The largest absolute Gasteiger partial charge is 0.481 e. The summed E-state index contributed by atoms with van der Waals surface area (Å²) in [5.74, 6) is -1.30. The van der Waals surface area contributed by atoms with Crippen LogP contribution in [0.1, 0.15) is 38.4 Å². The number of aromatic nitrogens is 1. The first-order valence-electron chi connectivity index (χ1n) is 8.45. The molecular formula is C20H20N2O4S. The van der Waals surface area contributed by atoms with Gasteiger partial charge in [0.15, 0.2) is 0 Å². The van der Waals surface area contributed by atoms with Gasteiger partial charge in [-0.3, -0.25) is 9.59 Å². The van der Waals surface area contributed by atoms with Crippen LogP contribution >= 0.6 is 11.3 Å². The van der Waals surface area contributed by atoms with Crippen molar-refractivity contribution in [1.29, 1.82) is 0 Å². The van der Waals surface area contributed by atoms with E-state index < -0.39 is 12.0 Å². The average Bonchev–Trinajstić information content (AvgIpc) is 3.01. The number of benzene rings is 2. The van der Waals surface area contributed by atoms with E-state index in [1.165, 1.54) is 11.3 Å². The van der Waals surface area contributed by atoms with Gasteiger partial charge in [-0.05, 0) is 23.3 Å². The Morgan fingerprint density at radius 1 is 1.22 bits per heavy atom. The van der Waals surface area contributed by atoms with Crippen molar-refractivity contribution in [3.8, 4) is 0 Å². The summed E-state index contributed by atoms with van der Waals surface area (Å²) >= 11 is 1.26. The predicted molar refractivity (Wildman–Crippen MR) is 104 cm³/mol. The van der Waals surface area contributed by atoms with Gasteiger partial charge in [-0.2, -0.15) is 0 Å². The molecule has 0 unspecified atom stereocenters. The van der Waals surface area contributed by atoms with Crippen LogP contribution in [0.25, 0.3) is 10.8 Å². The second-order valence-electron chi connectivity index (χ2n) is 6.15. The Hall–Kier alpha value is -2.77. The summed E-state index contributed by atoms with van der Waals surface area (Å²) in [6, 6.07) is 12.8. The van der Waals surface area contributed by atoms with Crippen molar-refractivity contribution in [2.75, 3.05) is 7.11 Å². The van der Waals surface area contributed by atoms with Gasteiger partial charge >= 0.3 is 5.97 Å². The Morgan fingerprint density at radius 2 is 1.96 bits per heavy atom. The molecule has 2 aromatic carbocycles. The van der Waals surface area contributed by atoms with E-state index in [0.717, 1.165) is 16.3 Å².